The topological polar surface area (TPSA) is 61.1 Å². The number of rotatable bonds is 4. The molecule has 0 aromatic heterocycles. The van der Waals surface area contributed by atoms with Crippen molar-refractivity contribution in [2.24, 2.45) is 0 Å². The molecule has 0 bridgehead atoms. The molecule has 2 aromatic rings. The van der Waals surface area contributed by atoms with Crippen molar-refractivity contribution < 1.29 is 14.3 Å². The smallest absolute Gasteiger partial charge is 0.335 e. The van der Waals surface area contributed by atoms with E-state index in [4.69, 9.17) is 10.4 Å². The van der Waals surface area contributed by atoms with Crippen LogP contribution in [0.1, 0.15) is 27.0 Å². The Hall–Kier alpha value is -2.67. The first kappa shape index (κ1) is 13.8. The van der Waals surface area contributed by atoms with Gasteiger partial charge in [-0.3, -0.25) is 0 Å². The molecule has 0 spiro atoms. The molecule has 0 aliphatic rings. The van der Waals surface area contributed by atoms with Crippen molar-refractivity contribution in [3.63, 3.8) is 0 Å². The molecular formula is C16H12FNO2. The number of nitrogens with zero attached hydrogens (tertiary/aromatic N) is 1. The van der Waals surface area contributed by atoms with Crippen LogP contribution in [0.3, 0.4) is 0 Å². The summed E-state index contributed by atoms with van der Waals surface area (Å²) in [5.41, 5.74) is 1.73. The van der Waals surface area contributed by atoms with Crippen molar-refractivity contribution in [1.29, 1.82) is 5.26 Å². The van der Waals surface area contributed by atoms with Gasteiger partial charge in [0.1, 0.15) is 11.9 Å². The van der Waals surface area contributed by atoms with E-state index in [0.29, 0.717) is 18.4 Å². The molecule has 0 heterocycles. The minimum atomic E-state index is -0.966. The first-order chi connectivity index (χ1) is 9.61. The van der Waals surface area contributed by atoms with Crippen LogP contribution in [0.2, 0.25) is 0 Å². The van der Waals surface area contributed by atoms with E-state index < -0.39 is 11.8 Å². The molecule has 0 atom stereocenters. The summed E-state index contributed by atoms with van der Waals surface area (Å²) >= 11 is 0. The number of carboxylic acid groups (broad SMARTS) is 1. The largest absolute Gasteiger partial charge is 0.478 e. The van der Waals surface area contributed by atoms with Crippen molar-refractivity contribution in [1.82, 2.24) is 0 Å². The maximum atomic E-state index is 13.5. The summed E-state index contributed by atoms with van der Waals surface area (Å²) in [5.74, 6) is -1.51. The van der Waals surface area contributed by atoms with Crippen LogP contribution in [-0.2, 0) is 12.8 Å². The van der Waals surface area contributed by atoms with Gasteiger partial charge in [0.25, 0.3) is 0 Å². The maximum absolute atomic E-state index is 13.5. The lowest BCUT2D eigenvalue weighted by molar-refractivity contribution is 0.0695. The molecule has 0 saturated carbocycles. The highest BCUT2D eigenvalue weighted by Crippen LogP contribution is 2.15. The van der Waals surface area contributed by atoms with Gasteiger partial charge in [0.15, 0.2) is 0 Å². The number of nitriles is 1. The third-order valence-corrected chi connectivity index (χ3v) is 3.08. The molecular weight excluding hydrogens is 257 g/mol. The van der Waals surface area contributed by atoms with Gasteiger partial charge in [-0.1, -0.05) is 24.3 Å². The number of aromatic carboxylic acids is 1. The average Bonchev–Trinajstić information content (AvgIpc) is 2.45. The Kier molecular flexibility index (Phi) is 4.11. The maximum Gasteiger partial charge on any atom is 0.335 e. The SMILES string of the molecule is N#Cc1ccc(CCc2ccccc2C(=O)O)cc1F. The van der Waals surface area contributed by atoms with Crippen molar-refractivity contribution in [2.45, 2.75) is 12.8 Å². The standard InChI is InChI=1S/C16H12FNO2/c17-15-9-11(6-8-13(15)10-18)5-7-12-3-1-2-4-14(12)16(19)20/h1-4,6,8-9H,5,7H2,(H,19,20). The summed E-state index contributed by atoms with van der Waals surface area (Å²) in [6, 6.07) is 13.0. The number of carbonyl (C=O) groups is 1. The van der Waals surface area contributed by atoms with Crippen LogP contribution in [0.5, 0.6) is 0 Å². The Bertz CT molecular complexity index is 689. The van der Waals surface area contributed by atoms with E-state index in [9.17, 15) is 9.18 Å². The monoisotopic (exact) mass is 269 g/mol. The third-order valence-electron chi connectivity index (χ3n) is 3.08. The summed E-state index contributed by atoms with van der Waals surface area (Å²) < 4.78 is 13.5. The summed E-state index contributed by atoms with van der Waals surface area (Å²) in [6.07, 6.45) is 1.03. The zero-order chi connectivity index (χ0) is 14.5. The van der Waals surface area contributed by atoms with Crippen LogP contribution in [0.15, 0.2) is 42.5 Å². The van der Waals surface area contributed by atoms with Gasteiger partial charge in [-0.25, -0.2) is 9.18 Å². The van der Waals surface area contributed by atoms with Crippen LogP contribution in [-0.4, -0.2) is 11.1 Å². The lowest BCUT2D eigenvalue weighted by Crippen LogP contribution is -2.03. The molecule has 0 unspecified atom stereocenters. The summed E-state index contributed by atoms with van der Waals surface area (Å²) in [6.45, 7) is 0. The van der Waals surface area contributed by atoms with E-state index in [1.807, 2.05) is 0 Å². The van der Waals surface area contributed by atoms with Gasteiger partial charge in [-0.05, 0) is 42.2 Å². The van der Waals surface area contributed by atoms with Crippen molar-refractivity contribution in [3.05, 3.63) is 70.5 Å². The third kappa shape index (κ3) is 3.01. The second-order valence-corrected chi connectivity index (χ2v) is 4.39. The van der Waals surface area contributed by atoms with Crippen molar-refractivity contribution >= 4 is 5.97 Å². The quantitative estimate of drug-likeness (QED) is 0.927. The molecule has 4 heteroatoms. The summed E-state index contributed by atoms with van der Waals surface area (Å²) in [4.78, 5) is 11.1. The summed E-state index contributed by atoms with van der Waals surface area (Å²) in [7, 11) is 0. The van der Waals surface area contributed by atoms with Gasteiger partial charge in [0.05, 0.1) is 11.1 Å². The Morgan fingerprint density at radius 3 is 2.60 bits per heavy atom. The first-order valence-electron chi connectivity index (χ1n) is 6.11. The number of aryl methyl sites for hydroxylation is 2. The predicted molar refractivity (Wildman–Crippen MR) is 71.9 cm³/mol. The number of hydrogen-bond acceptors (Lipinski definition) is 2. The van der Waals surface area contributed by atoms with E-state index in [1.165, 1.54) is 12.1 Å². The first-order valence-corrected chi connectivity index (χ1v) is 6.11. The van der Waals surface area contributed by atoms with Crippen molar-refractivity contribution in [2.75, 3.05) is 0 Å². The fourth-order valence-electron chi connectivity index (χ4n) is 2.03. The Balaban J connectivity index is 2.15. The molecule has 0 amide bonds. The highest BCUT2D eigenvalue weighted by molar-refractivity contribution is 5.89. The van der Waals surface area contributed by atoms with E-state index in [2.05, 4.69) is 0 Å². The van der Waals surface area contributed by atoms with E-state index in [0.717, 1.165) is 5.56 Å². The fourth-order valence-corrected chi connectivity index (χ4v) is 2.03. The molecule has 2 aromatic carbocycles. The molecule has 0 aliphatic carbocycles. The normalized spacial score (nSPS) is 10.0. The lowest BCUT2D eigenvalue weighted by Gasteiger charge is -2.06. The molecule has 20 heavy (non-hydrogen) atoms. The highest BCUT2D eigenvalue weighted by Gasteiger charge is 2.09. The molecule has 0 saturated heterocycles. The van der Waals surface area contributed by atoms with Gasteiger partial charge in [0.2, 0.25) is 0 Å². The number of benzene rings is 2. The molecule has 0 fully saturated rings. The van der Waals surface area contributed by atoms with Crippen molar-refractivity contribution in [3.8, 4) is 6.07 Å². The summed E-state index contributed by atoms with van der Waals surface area (Å²) in [5, 5.41) is 17.7. The minimum absolute atomic E-state index is 0.0136. The molecule has 0 aliphatic heterocycles. The van der Waals surface area contributed by atoms with Crippen LogP contribution < -0.4 is 0 Å². The average molecular weight is 269 g/mol. The number of halogens is 1. The highest BCUT2D eigenvalue weighted by atomic mass is 19.1. The van der Waals surface area contributed by atoms with Gasteiger partial charge in [0, 0.05) is 0 Å². The Morgan fingerprint density at radius 2 is 1.95 bits per heavy atom. The van der Waals surface area contributed by atoms with Crippen LogP contribution in [0.25, 0.3) is 0 Å². The second kappa shape index (κ2) is 5.98. The van der Waals surface area contributed by atoms with Gasteiger partial charge in [-0.15, -0.1) is 0 Å². The molecule has 0 radical (unpaired) electrons. The fraction of sp³-hybridized carbons (Fsp3) is 0.125. The van der Waals surface area contributed by atoms with Gasteiger partial charge < -0.3 is 5.11 Å². The lowest BCUT2D eigenvalue weighted by atomic mass is 9.99. The molecule has 2 rings (SSSR count). The Morgan fingerprint density at radius 1 is 1.20 bits per heavy atom. The van der Waals surface area contributed by atoms with Gasteiger partial charge in [-0.2, -0.15) is 5.26 Å². The number of hydrogen-bond donors (Lipinski definition) is 1. The molecule has 1 N–H and O–H groups in total. The van der Waals surface area contributed by atoms with E-state index >= 15 is 0 Å². The van der Waals surface area contributed by atoms with E-state index in [1.54, 1.807) is 36.4 Å². The molecule has 100 valence electrons. The minimum Gasteiger partial charge on any atom is -0.478 e. The zero-order valence-corrected chi connectivity index (χ0v) is 10.6. The van der Waals surface area contributed by atoms with E-state index in [-0.39, 0.29) is 11.1 Å². The molecule has 3 nitrogen and oxygen atoms in total. The van der Waals surface area contributed by atoms with Crippen LogP contribution in [0.4, 0.5) is 4.39 Å². The second-order valence-electron chi connectivity index (χ2n) is 4.39. The zero-order valence-electron chi connectivity index (χ0n) is 10.6. The van der Waals surface area contributed by atoms with Crippen LogP contribution >= 0.6 is 0 Å². The Labute approximate surface area is 115 Å². The predicted octanol–water partition coefficient (Wildman–Crippen LogP) is 3.18. The van der Waals surface area contributed by atoms with Crippen LogP contribution in [0, 0.1) is 17.1 Å². The number of carboxylic acids is 1. The van der Waals surface area contributed by atoms with Gasteiger partial charge >= 0.3 is 5.97 Å².